The molecule has 2 aromatic heterocycles. The summed E-state index contributed by atoms with van der Waals surface area (Å²) in [6, 6.07) is 2.11. The van der Waals surface area contributed by atoms with Crippen LogP contribution < -0.4 is 4.74 Å². The molecule has 5 heteroatoms. The summed E-state index contributed by atoms with van der Waals surface area (Å²) in [6.07, 6.45) is 3.32. The summed E-state index contributed by atoms with van der Waals surface area (Å²) in [5.74, 6) is 1.15. The third-order valence-electron chi connectivity index (χ3n) is 3.02. The summed E-state index contributed by atoms with van der Waals surface area (Å²) in [6.45, 7) is 7.18. The Hall–Kier alpha value is -0.870. The first-order valence-electron chi connectivity index (χ1n) is 6.72. The molecule has 0 bridgehead atoms. The van der Waals surface area contributed by atoms with Gasteiger partial charge in [-0.15, -0.1) is 11.3 Å². The van der Waals surface area contributed by atoms with E-state index in [9.17, 15) is 0 Å². The van der Waals surface area contributed by atoms with Gasteiger partial charge in [0.2, 0.25) is 11.2 Å². The molecule has 0 fully saturated rings. The van der Waals surface area contributed by atoms with E-state index >= 15 is 0 Å². The average molecular weight is 299 g/mol. The molecule has 0 amide bonds. The van der Waals surface area contributed by atoms with Gasteiger partial charge in [0.1, 0.15) is 4.83 Å². The number of hydrogen-bond donors (Lipinski definition) is 0. The molecule has 0 saturated heterocycles. The maximum Gasteiger partial charge on any atom is 0.227 e. The number of ether oxygens (including phenoxy) is 1. The monoisotopic (exact) mass is 298 g/mol. The molecule has 19 heavy (non-hydrogen) atoms. The van der Waals surface area contributed by atoms with E-state index < -0.39 is 0 Å². The number of aryl methyl sites for hydroxylation is 1. The molecular formula is C14H19ClN2OS. The number of hydrogen-bond acceptors (Lipinski definition) is 4. The molecule has 0 aliphatic heterocycles. The molecule has 0 aliphatic carbocycles. The lowest BCUT2D eigenvalue weighted by Gasteiger charge is -2.11. The fourth-order valence-corrected chi connectivity index (χ4v) is 3.17. The van der Waals surface area contributed by atoms with Crippen LogP contribution in [0, 0.1) is 5.92 Å². The van der Waals surface area contributed by atoms with Gasteiger partial charge in [-0.3, -0.25) is 0 Å². The van der Waals surface area contributed by atoms with Crippen molar-refractivity contribution in [1.29, 1.82) is 0 Å². The van der Waals surface area contributed by atoms with Gasteiger partial charge >= 0.3 is 0 Å². The van der Waals surface area contributed by atoms with Crippen LogP contribution in [0.25, 0.3) is 10.2 Å². The Morgan fingerprint density at radius 1 is 1.37 bits per heavy atom. The molecule has 0 saturated carbocycles. The van der Waals surface area contributed by atoms with E-state index in [-0.39, 0.29) is 5.28 Å². The number of thiophene rings is 1. The van der Waals surface area contributed by atoms with Gasteiger partial charge in [-0.05, 0) is 36.4 Å². The highest BCUT2D eigenvalue weighted by Gasteiger charge is 2.12. The number of nitrogens with zero attached hydrogens (tertiary/aromatic N) is 2. The Balaban J connectivity index is 2.23. The molecule has 104 valence electrons. The molecule has 0 N–H and O–H groups in total. The van der Waals surface area contributed by atoms with Crippen LogP contribution in [0.1, 0.15) is 38.5 Å². The third-order valence-corrected chi connectivity index (χ3v) is 4.36. The van der Waals surface area contributed by atoms with E-state index in [2.05, 4.69) is 36.8 Å². The number of fused-ring (bicyclic) bond motifs is 1. The van der Waals surface area contributed by atoms with Crippen molar-refractivity contribution in [2.45, 2.75) is 40.0 Å². The lowest BCUT2D eigenvalue weighted by atomic mass is 10.1. The van der Waals surface area contributed by atoms with Crippen LogP contribution in [0.15, 0.2) is 6.07 Å². The van der Waals surface area contributed by atoms with Crippen molar-refractivity contribution < 1.29 is 4.74 Å². The van der Waals surface area contributed by atoms with Crippen molar-refractivity contribution >= 4 is 33.2 Å². The number of aromatic nitrogens is 2. The van der Waals surface area contributed by atoms with E-state index in [4.69, 9.17) is 16.3 Å². The Kier molecular flexibility index (Phi) is 4.99. The molecule has 2 rings (SSSR count). The average Bonchev–Trinajstić information content (AvgIpc) is 2.79. The Bertz CT molecular complexity index is 556. The molecule has 2 aromatic rings. The van der Waals surface area contributed by atoms with Crippen molar-refractivity contribution in [3.63, 3.8) is 0 Å². The summed E-state index contributed by atoms with van der Waals surface area (Å²) in [4.78, 5) is 10.7. The lowest BCUT2D eigenvalue weighted by molar-refractivity contribution is 0.246. The zero-order valence-corrected chi connectivity index (χ0v) is 13.1. The van der Waals surface area contributed by atoms with Crippen molar-refractivity contribution in [3.05, 3.63) is 16.2 Å². The summed E-state index contributed by atoms with van der Waals surface area (Å²) in [5, 5.41) is 1.24. The first-order valence-corrected chi connectivity index (χ1v) is 7.92. The van der Waals surface area contributed by atoms with Crippen LogP contribution in [0.5, 0.6) is 5.88 Å². The van der Waals surface area contributed by atoms with Crippen LogP contribution in [-0.4, -0.2) is 16.6 Å². The molecule has 0 spiro atoms. The smallest absolute Gasteiger partial charge is 0.227 e. The van der Waals surface area contributed by atoms with Crippen molar-refractivity contribution in [2.75, 3.05) is 6.61 Å². The minimum Gasteiger partial charge on any atom is -0.477 e. The summed E-state index contributed by atoms with van der Waals surface area (Å²) < 4.78 is 5.84. The SMILES string of the molecule is CCCC(C)COc1nc(Cl)nc2sc(CC)cc12. The molecule has 0 aromatic carbocycles. The summed E-state index contributed by atoms with van der Waals surface area (Å²) in [5.41, 5.74) is 0. The maximum atomic E-state index is 5.96. The van der Waals surface area contributed by atoms with Crippen LogP contribution in [0.4, 0.5) is 0 Å². The Labute approximate surface area is 123 Å². The van der Waals surface area contributed by atoms with Gasteiger partial charge in [-0.1, -0.05) is 27.2 Å². The maximum absolute atomic E-state index is 5.96. The predicted octanol–water partition coefficient (Wildman–Crippen LogP) is 4.72. The largest absolute Gasteiger partial charge is 0.477 e. The van der Waals surface area contributed by atoms with Crippen molar-refractivity contribution in [2.24, 2.45) is 5.92 Å². The van der Waals surface area contributed by atoms with Gasteiger partial charge in [0.05, 0.1) is 12.0 Å². The number of halogens is 1. The van der Waals surface area contributed by atoms with Gasteiger partial charge in [0.25, 0.3) is 0 Å². The summed E-state index contributed by atoms with van der Waals surface area (Å²) in [7, 11) is 0. The second-order valence-electron chi connectivity index (χ2n) is 4.79. The second kappa shape index (κ2) is 6.53. The molecule has 0 aliphatic rings. The van der Waals surface area contributed by atoms with Crippen LogP contribution >= 0.6 is 22.9 Å². The highest BCUT2D eigenvalue weighted by atomic mass is 35.5. The van der Waals surface area contributed by atoms with E-state index in [0.29, 0.717) is 18.4 Å². The molecule has 0 radical (unpaired) electrons. The quantitative estimate of drug-likeness (QED) is 0.724. The molecule has 1 atom stereocenters. The minimum atomic E-state index is 0.259. The number of rotatable bonds is 6. The zero-order valence-electron chi connectivity index (χ0n) is 11.6. The standard InChI is InChI=1S/C14H19ClN2OS/c1-4-6-9(3)8-18-12-11-7-10(5-2)19-13(11)17-14(15)16-12/h7,9H,4-6,8H2,1-3H3. The zero-order chi connectivity index (χ0) is 13.8. The fraction of sp³-hybridized carbons (Fsp3) is 0.571. The third kappa shape index (κ3) is 3.57. The highest BCUT2D eigenvalue weighted by Crippen LogP contribution is 2.31. The molecule has 2 heterocycles. The molecule has 1 unspecified atom stereocenters. The highest BCUT2D eigenvalue weighted by molar-refractivity contribution is 7.18. The van der Waals surface area contributed by atoms with Crippen LogP contribution in [0.3, 0.4) is 0 Å². The van der Waals surface area contributed by atoms with E-state index in [1.54, 1.807) is 11.3 Å². The van der Waals surface area contributed by atoms with Crippen LogP contribution in [-0.2, 0) is 6.42 Å². The van der Waals surface area contributed by atoms with Gasteiger partial charge < -0.3 is 4.74 Å². The normalized spacial score (nSPS) is 12.8. The Morgan fingerprint density at radius 2 is 2.16 bits per heavy atom. The van der Waals surface area contributed by atoms with Gasteiger partial charge in [-0.25, -0.2) is 4.98 Å². The van der Waals surface area contributed by atoms with Gasteiger partial charge in [0.15, 0.2) is 0 Å². The van der Waals surface area contributed by atoms with E-state index in [1.807, 2.05) is 0 Å². The topological polar surface area (TPSA) is 35.0 Å². The lowest BCUT2D eigenvalue weighted by Crippen LogP contribution is -2.09. The molecule has 3 nitrogen and oxygen atoms in total. The van der Waals surface area contributed by atoms with Crippen molar-refractivity contribution in [1.82, 2.24) is 9.97 Å². The first kappa shape index (κ1) is 14.5. The van der Waals surface area contributed by atoms with E-state index in [1.165, 1.54) is 11.3 Å². The summed E-state index contributed by atoms with van der Waals surface area (Å²) >= 11 is 7.61. The minimum absolute atomic E-state index is 0.259. The Morgan fingerprint density at radius 3 is 2.84 bits per heavy atom. The van der Waals surface area contributed by atoms with Crippen LogP contribution in [0.2, 0.25) is 5.28 Å². The van der Waals surface area contributed by atoms with E-state index in [0.717, 1.165) is 23.1 Å². The van der Waals surface area contributed by atoms with Gasteiger partial charge in [-0.2, -0.15) is 4.98 Å². The predicted molar refractivity (Wildman–Crippen MR) is 81.4 cm³/mol. The van der Waals surface area contributed by atoms with Crippen molar-refractivity contribution in [3.8, 4) is 5.88 Å². The second-order valence-corrected chi connectivity index (χ2v) is 6.24. The first-order chi connectivity index (χ1) is 9.13. The van der Waals surface area contributed by atoms with Gasteiger partial charge in [0, 0.05) is 4.88 Å². The molecular weight excluding hydrogens is 280 g/mol. The fourth-order valence-electron chi connectivity index (χ4n) is 2.00.